The predicted molar refractivity (Wildman–Crippen MR) is 46.0 cm³/mol. The Morgan fingerprint density at radius 3 is 0.444 bits per heavy atom. The summed E-state index contributed by atoms with van der Waals surface area (Å²) in [6, 6.07) is 0. The molecule has 0 rings (SSSR count). The normalized spacial score (nSPS) is 0. The maximum absolute atomic E-state index is 0. The second-order valence-electron chi connectivity index (χ2n) is 0. The van der Waals surface area contributed by atoms with Gasteiger partial charge in [-0.05, 0) is 0 Å². The molecule has 0 aliphatic carbocycles. The first-order chi connectivity index (χ1) is 0. The van der Waals surface area contributed by atoms with Crippen molar-refractivity contribution in [3.63, 3.8) is 0 Å². The molecule has 0 unspecified atom stereocenters. The van der Waals surface area contributed by atoms with Crippen LogP contribution in [0.3, 0.4) is 0 Å². The largest absolute Gasteiger partial charge is 3.00 e. The van der Waals surface area contributed by atoms with Gasteiger partial charge in [-0.2, -0.15) is 0 Å². The van der Waals surface area contributed by atoms with Crippen molar-refractivity contribution in [1.29, 1.82) is 0 Å². The molecule has 0 heterocycles. The van der Waals surface area contributed by atoms with E-state index in [0.717, 1.165) is 0 Å². The van der Waals surface area contributed by atoms with Crippen molar-refractivity contribution < 1.29 is 12.4 Å². The van der Waals surface area contributed by atoms with Gasteiger partial charge in [0.05, 0.1) is 0 Å². The third-order valence-electron chi connectivity index (χ3n) is 0. The molecule has 0 saturated heterocycles. The Balaban J connectivity index is 0. The quantitative estimate of drug-likeness (QED) is 0.213. The summed E-state index contributed by atoms with van der Waals surface area (Å²) >= 11 is 0. The molecule has 0 radical (unpaired) electrons. The van der Waals surface area contributed by atoms with Gasteiger partial charge in [0.25, 0.3) is 0 Å². The molecule has 0 spiro atoms. The van der Waals surface area contributed by atoms with Crippen LogP contribution in [0.4, 0.5) is 0 Å². The number of rotatable bonds is 0. The molecule has 9 heteroatoms. The zero-order chi connectivity index (χ0) is 0. The second kappa shape index (κ2) is 56.4. The average molecular weight is 878 g/mol. The van der Waals surface area contributed by atoms with Gasteiger partial charge in [-0.15, -0.1) is 0 Å². The summed E-state index contributed by atoms with van der Waals surface area (Å²) in [5, 5.41) is 0. The standard InChI is InChI=1S/3Ba.ClH.In.4Se/h;;;1H;;;;;/q3*+2;;+3;4*-2/p-1. The fraction of sp³-hybridized carbons (Fsp3) is 0. The molecule has 9 heavy (non-hydrogen) atoms. The van der Waals surface area contributed by atoms with Crippen LogP contribution < -0.4 is 12.4 Å². The second-order valence-corrected chi connectivity index (χ2v) is 0. The van der Waals surface area contributed by atoms with E-state index in [2.05, 4.69) is 0 Å². The minimum Gasteiger partial charge on any atom is -2.00 e. The molecule has 0 amide bonds. The van der Waals surface area contributed by atoms with Gasteiger partial charge in [-0.1, -0.05) is 0 Å². The van der Waals surface area contributed by atoms with Crippen LogP contribution >= 0.6 is 0 Å². The molecule has 0 aromatic rings. The van der Waals surface area contributed by atoms with E-state index in [1.54, 1.807) is 0 Å². The van der Waals surface area contributed by atoms with Crippen LogP contribution in [-0.4, -0.2) is 241 Å². The van der Waals surface area contributed by atoms with Gasteiger partial charge in [0.15, 0.2) is 0 Å². The van der Waals surface area contributed by atoms with E-state index in [9.17, 15) is 0 Å². The van der Waals surface area contributed by atoms with Crippen molar-refractivity contribution in [2.24, 2.45) is 0 Å². The first kappa shape index (κ1) is 68.2. The van der Waals surface area contributed by atoms with E-state index in [0.29, 0.717) is 0 Å². The molecule has 0 fully saturated rings. The molecule has 0 aliphatic heterocycles. The zero-order valence-electron chi connectivity index (χ0n) is 4.71. The first-order valence-electron chi connectivity index (χ1n) is 0. The molecular weight excluding hydrogens is 878 g/mol. The molecule has 0 atom stereocenters. The van der Waals surface area contributed by atoms with Gasteiger partial charge in [0.2, 0.25) is 0 Å². The van der Waals surface area contributed by atoms with Crippen molar-refractivity contribution in [3.8, 4) is 0 Å². The maximum Gasteiger partial charge on any atom is 3.00 e. The van der Waals surface area contributed by atoms with Crippen molar-refractivity contribution in [3.05, 3.63) is 0 Å². The zero-order valence-corrected chi connectivity index (χ0v) is 28.9. The molecule has 0 nitrogen and oxygen atoms in total. The van der Waals surface area contributed by atoms with Crippen molar-refractivity contribution in [2.75, 3.05) is 0 Å². The third kappa shape index (κ3) is 49.1. The van der Waals surface area contributed by atoms with Crippen LogP contribution in [0.5, 0.6) is 0 Å². The molecule has 0 bridgehead atoms. The molecule has 0 aromatic carbocycles. The van der Waals surface area contributed by atoms with E-state index in [1.165, 1.54) is 0 Å². The predicted octanol–water partition coefficient (Wildman–Crippen LogP) is -6.04. The molecule has 40 valence electrons. The fourth-order valence-corrected chi connectivity index (χ4v) is 0. The maximum atomic E-state index is 0. The van der Waals surface area contributed by atoms with Gasteiger partial charge in [-0.25, -0.2) is 0 Å². The number of halogens is 1. The minimum atomic E-state index is 0. The monoisotopic (exact) mass is 883 g/mol. The Morgan fingerprint density at radius 1 is 0.444 bits per heavy atom. The Hall–Kier alpha value is 7.95. The van der Waals surface area contributed by atoms with E-state index < -0.39 is 0 Å². The Morgan fingerprint density at radius 2 is 0.444 bits per heavy atom. The summed E-state index contributed by atoms with van der Waals surface area (Å²) in [5.41, 5.74) is 0. The third-order valence-corrected chi connectivity index (χ3v) is 0. The van der Waals surface area contributed by atoms with Crippen LogP contribution in [0.15, 0.2) is 0 Å². The SMILES string of the molecule is [Ba+2].[Ba+2].[Ba+2].[Cl-].[In+3].[Se-2].[Se-2].[Se-2].[Se-2]. The molecule has 0 aromatic heterocycles. The van der Waals surface area contributed by atoms with Crippen LogP contribution in [0.2, 0.25) is 0 Å². The molecule has 0 aliphatic rings. The summed E-state index contributed by atoms with van der Waals surface area (Å²) in [5.74, 6) is 0. The Kier molecular flexibility index (Phi) is 427. The van der Waals surface area contributed by atoms with Crippen LogP contribution in [-0.2, 0) is 0 Å². The summed E-state index contributed by atoms with van der Waals surface area (Å²) in [6.45, 7) is 0. The van der Waals surface area contributed by atoms with Crippen LogP contribution in [0.25, 0.3) is 0 Å². The van der Waals surface area contributed by atoms with Crippen LogP contribution in [0.1, 0.15) is 0 Å². The first-order valence-corrected chi connectivity index (χ1v) is 0. The van der Waals surface area contributed by atoms with Gasteiger partial charge in [0, 0.05) is 0 Å². The van der Waals surface area contributed by atoms with E-state index >= 15 is 0 Å². The smallest absolute Gasteiger partial charge is 2.00 e. The fourth-order valence-electron chi connectivity index (χ4n) is 0. The summed E-state index contributed by atoms with van der Waals surface area (Å²) in [7, 11) is 0. The van der Waals surface area contributed by atoms with E-state index in [-0.39, 0.29) is 253 Å². The van der Waals surface area contributed by atoms with Gasteiger partial charge in [-0.3, -0.25) is 0 Å². The Bertz CT molecular complexity index is 15.8. The van der Waals surface area contributed by atoms with Crippen LogP contribution in [0, 0.1) is 0 Å². The van der Waals surface area contributed by atoms with Gasteiger partial charge in [0.1, 0.15) is 0 Å². The topological polar surface area (TPSA) is 0 Å². The summed E-state index contributed by atoms with van der Waals surface area (Å²) < 4.78 is 0. The minimum absolute atomic E-state index is 0. The Labute approximate surface area is 245 Å². The summed E-state index contributed by atoms with van der Waals surface area (Å²) in [6.07, 6.45) is 0. The summed E-state index contributed by atoms with van der Waals surface area (Å²) in [4.78, 5) is 0. The molecule has 0 saturated carbocycles. The van der Waals surface area contributed by atoms with Crippen molar-refractivity contribution in [2.45, 2.75) is 0 Å². The number of hydrogen-bond donors (Lipinski definition) is 0. The number of hydrogen-bond acceptors (Lipinski definition) is 0. The van der Waals surface area contributed by atoms with E-state index in [4.69, 9.17) is 0 Å². The average Bonchev–Trinajstić information content (AvgIpc) is 0. The van der Waals surface area contributed by atoms with Gasteiger partial charge < -0.3 is 80.7 Å². The molecular formula is Ba3ClInSe4. The molecule has 0 N–H and O–H groups in total. The van der Waals surface area contributed by atoms with Crippen molar-refractivity contribution >= 4 is 241 Å². The van der Waals surface area contributed by atoms with Gasteiger partial charge >= 0.3 is 172 Å². The van der Waals surface area contributed by atoms with Crippen molar-refractivity contribution in [1.82, 2.24) is 0 Å². The van der Waals surface area contributed by atoms with E-state index in [1.807, 2.05) is 0 Å².